The summed E-state index contributed by atoms with van der Waals surface area (Å²) in [7, 11) is 0. The van der Waals surface area contributed by atoms with Gasteiger partial charge in [0.25, 0.3) is 5.91 Å². The summed E-state index contributed by atoms with van der Waals surface area (Å²) in [5.74, 6) is -0.275. The Labute approximate surface area is 116 Å². The Morgan fingerprint density at radius 1 is 1.35 bits per heavy atom. The highest BCUT2D eigenvalue weighted by Gasteiger charge is 2.33. The lowest BCUT2D eigenvalue weighted by atomic mass is 10.1. The van der Waals surface area contributed by atoms with Crippen molar-refractivity contribution >= 4 is 16.8 Å². The second kappa shape index (κ2) is 5.26. The Morgan fingerprint density at radius 2 is 2.20 bits per heavy atom. The molecule has 1 aliphatic carbocycles. The van der Waals surface area contributed by atoms with Crippen molar-refractivity contribution in [3.63, 3.8) is 0 Å². The van der Waals surface area contributed by atoms with Crippen LogP contribution in [0.4, 0.5) is 0 Å². The molecule has 1 aliphatic rings. The van der Waals surface area contributed by atoms with E-state index in [9.17, 15) is 9.90 Å². The number of fused-ring (bicyclic) bond motifs is 1. The van der Waals surface area contributed by atoms with E-state index < -0.39 is 6.10 Å². The van der Waals surface area contributed by atoms with E-state index in [1.165, 1.54) is 0 Å². The average Bonchev–Trinajstić information content (AvgIpc) is 3.03. The van der Waals surface area contributed by atoms with Crippen LogP contribution in [-0.4, -0.2) is 39.9 Å². The van der Waals surface area contributed by atoms with Gasteiger partial charge in [-0.05, 0) is 36.4 Å². The van der Waals surface area contributed by atoms with Gasteiger partial charge in [-0.3, -0.25) is 4.79 Å². The molecular weight excluding hydrogens is 256 g/mol. The topological polar surface area (TPSA) is 85.3 Å². The maximum atomic E-state index is 12.2. The summed E-state index contributed by atoms with van der Waals surface area (Å²) in [5, 5.41) is 22.9. The second-order valence-corrected chi connectivity index (χ2v) is 5.43. The summed E-state index contributed by atoms with van der Waals surface area (Å²) < 4.78 is 0. The van der Waals surface area contributed by atoms with Gasteiger partial charge in [0.05, 0.1) is 6.10 Å². The lowest BCUT2D eigenvalue weighted by molar-refractivity contribution is 0.0903. The summed E-state index contributed by atoms with van der Waals surface area (Å²) in [5.41, 5.74) is 1.53. The van der Waals surface area contributed by atoms with E-state index in [-0.39, 0.29) is 24.5 Å². The minimum atomic E-state index is -0.531. The molecule has 0 unspecified atom stereocenters. The molecule has 4 N–H and O–H groups in total. The fourth-order valence-corrected chi connectivity index (χ4v) is 2.87. The number of amides is 1. The Balaban J connectivity index is 1.70. The zero-order valence-corrected chi connectivity index (χ0v) is 11.0. The third kappa shape index (κ3) is 2.42. The van der Waals surface area contributed by atoms with Crippen molar-refractivity contribution in [1.82, 2.24) is 10.3 Å². The number of rotatable bonds is 3. The molecule has 5 nitrogen and oxygen atoms in total. The molecule has 0 bridgehead atoms. The third-order valence-corrected chi connectivity index (χ3v) is 4.04. The lowest BCUT2D eigenvalue weighted by Gasteiger charge is -2.12. The minimum absolute atomic E-state index is 0.0397. The van der Waals surface area contributed by atoms with Crippen molar-refractivity contribution in [1.29, 1.82) is 0 Å². The van der Waals surface area contributed by atoms with E-state index in [0.29, 0.717) is 18.4 Å². The van der Waals surface area contributed by atoms with Gasteiger partial charge in [-0.1, -0.05) is 6.07 Å². The number of H-pyrrole nitrogens is 1. The Bertz CT molecular complexity index is 622. The highest BCUT2D eigenvalue weighted by atomic mass is 16.3. The SMILES string of the molecule is O=C(N[C@H]1C[C@@H](CO)[C@H](O)C1)c1ccc2cc[nH]c2c1. The Hall–Kier alpha value is -1.85. The highest BCUT2D eigenvalue weighted by molar-refractivity contribution is 5.98. The molecule has 1 amide bonds. The van der Waals surface area contributed by atoms with E-state index in [1.54, 1.807) is 6.07 Å². The summed E-state index contributed by atoms with van der Waals surface area (Å²) in [4.78, 5) is 15.3. The molecular formula is C15H18N2O3. The van der Waals surface area contributed by atoms with Crippen LogP contribution < -0.4 is 5.32 Å². The molecule has 0 saturated heterocycles. The zero-order valence-electron chi connectivity index (χ0n) is 11.0. The molecule has 1 fully saturated rings. The predicted molar refractivity (Wildman–Crippen MR) is 75.4 cm³/mol. The zero-order chi connectivity index (χ0) is 14.1. The number of aromatic amines is 1. The maximum absolute atomic E-state index is 12.2. The first-order valence-corrected chi connectivity index (χ1v) is 6.84. The number of aliphatic hydroxyl groups is 2. The summed E-state index contributed by atoms with van der Waals surface area (Å²) in [6, 6.07) is 7.39. The van der Waals surface area contributed by atoms with Crippen molar-refractivity contribution in [3.8, 4) is 0 Å². The first-order valence-electron chi connectivity index (χ1n) is 6.84. The number of nitrogens with one attached hydrogen (secondary N) is 2. The van der Waals surface area contributed by atoms with Gasteiger partial charge in [-0.15, -0.1) is 0 Å². The molecule has 5 heteroatoms. The highest BCUT2D eigenvalue weighted by Crippen LogP contribution is 2.26. The number of hydrogen-bond acceptors (Lipinski definition) is 3. The van der Waals surface area contributed by atoms with Crippen molar-refractivity contribution < 1.29 is 15.0 Å². The van der Waals surface area contributed by atoms with Gasteiger partial charge >= 0.3 is 0 Å². The number of benzene rings is 1. The maximum Gasteiger partial charge on any atom is 0.251 e. The van der Waals surface area contributed by atoms with Crippen molar-refractivity contribution in [2.75, 3.05) is 6.61 Å². The van der Waals surface area contributed by atoms with Crippen LogP contribution in [0.5, 0.6) is 0 Å². The van der Waals surface area contributed by atoms with Crippen LogP contribution in [0.15, 0.2) is 30.5 Å². The first kappa shape index (κ1) is 13.1. The van der Waals surface area contributed by atoms with Crippen LogP contribution in [0, 0.1) is 5.92 Å². The molecule has 0 radical (unpaired) electrons. The van der Waals surface area contributed by atoms with Crippen LogP contribution in [0.25, 0.3) is 10.9 Å². The molecule has 106 valence electrons. The van der Waals surface area contributed by atoms with Gasteiger partial charge in [0.1, 0.15) is 0 Å². The smallest absolute Gasteiger partial charge is 0.251 e. The van der Waals surface area contributed by atoms with Crippen LogP contribution >= 0.6 is 0 Å². The molecule has 0 aliphatic heterocycles. The molecule has 20 heavy (non-hydrogen) atoms. The average molecular weight is 274 g/mol. The van der Waals surface area contributed by atoms with Gasteiger partial charge in [-0.25, -0.2) is 0 Å². The quantitative estimate of drug-likeness (QED) is 0.674. The normalized spacial score (nSPS) is 26.0. The van der Waals surface area contributed by atoms with Crippen LogP contribution in [0.1, 0.15) is 23.2 Å². The van der Waals surface area contributed by atoms with Crippen molar-refractivity contribution in [2.24, 2.45) is 5.92 Å². The van der Waals surface area contributed by atoms with E-state index >= 15 is 0 Å². The second-order valence-electron chi connectivity index (χ2n) is 5.43. The van der Waals surface area contributed by atoms with Crippen LogP contribution in [0.3, 0.4) is 0 Å². The number of carbonyl (C=O) groups excluding carboxylic acids is 1. The Kier molecular flexibility index (Phi) is 3.46. The largest absolute Gasteiger partial charge is 0.396 e. The summed E-state index contributed by atoms with van der Waals surface area (Å²) in [6.07, 6.45) is 2.43. The summed E-state index contributed by atoms with van der Waals surface area (Å²) >= 11 is 0. The van der Waals surface area contributed by atoms with Crippen LogP contribution in [-0.2, 0) is 0 Å². The summed E-state index contributed by atoms with van der Waals surface area (Å²) in [6.45, 7) is -0.0397. The molecule has 1 aromatic heterocycles. The van der Waals surface area contributed by atoms with E-state index in [4.69, 9.17) is 5.11 Å². The van der Waals surface area contributed by atoms with Crippen molar-refractivity contribution in [2.45, 2.75) is 25.0 Å². The molecule has 1 heterocycles. The monoisotopic (exact) mass is 274 g/mol. The minimum Gasteiger partial charge on any atom is -0.396 e. The van der Waals surface area contributed by atoms with Gasteiger partial charge in [0.2, 0.25) is 0 Å². The molecule has 0 spiro atoms. The van der Waals surface area contributed by atoms with E-state index in [2.05, 4.69) is 10.3 Å². The Morgan fingerprint density at radius 3 is 2.95 bits per heavy atom. The number of carbonyl (C=O) groups is 1. The van der Waals surface area contributed by atoms with E-state index in [1.807, 2.05) is 24.4 Å². The standard InChI is InChI=1S/C15H18N2O3/c18-8-11-5-12(7-14(11)19)17-15(20)10-2-1-9-3-4-16-13(9)6-10/h1-4,6,11-12,14,16,18-19H,5,7-8H2,(H,17,20)/t11-,12-,14+/m0/s1. The molecule has 3 rings (SSSR count). The fraction of sp³-hybridized carbons (Fsp3) is 0.400. The van der Waals surface area contributed by atoms with Crippen molar-refractivity contribution in [3.05, 3.63) is 36.0 Å². The van der Waals surface area contributed by atoms with Gasteiger partial charge < -0.3 is 20.5 Å². The van der Waals surface area contributed by atoms with Gasteiger partial charge in [-0.2, -0.15) is 0 Å². The van der Waals surface area contributed by atoms with Crippen LogP contribution in [0.2, 0.25) is 0 Å². The fourth-order valence-electron chi connectivity index (χ4n) is 2.87. The predicted octanol–water partition coefficient (Wildman–Crippen LogP) is 1.03. The number of aliphatic hydroxyl groups excluding tert-OH is 2. The third-order valence-electron chi connectivity index (χ3n) is 4.04. The van der Waals surface area contributed by atoms with E-state index in [0.717, 1.165) is 10.9 Å². The number of aromatic nitrogens is 1. The molecule has 3 atom stereocenters. The number of hydrogen-bond donors (Lipinski definition) is 4. The molecule has 1 aromatic carbocycles. The molecule has 2 aromatic rings. The first-order chi connectivity index (χ1) is 9.67. The lowest BCUT2D eigenvalue weighted by Crippen LogP contribution is -2.33. The molecule has 1 saturated carbocycles. The van der Waals surface area contributed by atoms with Gasteiger partial charge in [0, 0.05) is 35.8 Å². The van der Waals surface area contributed by atoms with Gasteiger partial charge in [0.15, 0.2) is 0 Å².